The van der Waals surface area contributed by atoms with E-state index in [0.29, 0.717) is 6.04 Å². The summed E-state index contributed by atoms with van der Waals surface area (Å²) in [6.07, 6.45) is 4.51. The van der Waals surface area contributed by atoms with Crippen molar-refractivity contribution in [2.45, 2.75) is 45.6 Å². The molecule has 1 aliphatic heterocycles. The predicted molar refractivity (Wildman–Crippen MR) is 85.4 cm³/mol. The van der Waals surface area contributed by atoms with Gasteiger partial charge in [-0.15, -0.1) is 0 Å². The Morgan fingerprint density at radius 3 is 2.95 bits per heavy atom. The van der Waals surface area contributed by atoms with E-state index in [9.17, 15) is 4.79 Å². The highest BCUT2D eigenvalue weighted by Crippen LogP contribution is 2.25. The number of likely N-dealkylation sites (tertiary alicyclic amines) is 1. The molecule has 0 saturated carbocycles. The molecule has 3 heteroatoms. The summed E-state index contributed by atoms with van der Waals surface area (Å²) in [6.45, 7) is 5.01. The van der Waals surface area contributed by atoms with E-state index in [2.05, 4.69) is 16.8 Å². The molecule has 2 aromatic rings. The lowest BCUT2D eigenvalue weighted by Crippen LogP contribution is -2.43. The standard InChI is InChI=1S/C18H22N2O/c1-3-14-8-6-7-11-20(14)18(21)16-12-13(2)19-17-10-5-4-9-15(16)17/h4-5,9-10,12,14H,3,6-8,11H2,1-2H3. The number of piperidine rings is 1. The first-order chi connectivity index (χ1) is 10.2. The average molecular weight is 282 g/mol. The van der Waals surface area contributed by atoms with Crippen molar-refractivity contribution < 1.29 is 4.79 Å². The zero-order valence-corrected chi connectivity index (χ0v) is 12.8. The minimum Gasteiger partial charge on any atom is -0.336 e. The van der Waals surface area contributed by atoms with Crippen LogP contribution in [0.25, 0.3) is 10.9 Å². The van der Waals surface area contributed by atoms with Gasteiger partial charge in [-0.3, -0.25) is 9.78 Å². The Kier molecular flexibility index (Phi) is 3.91. The van der Waals surface area contributed by atoms with Gasteiger partial charge in [0.2, 0.25) is 0 Å². The number of aromatic nitrogens is 1. The fourth-order valence-electron chi connectivity index (χ4n) is 3.33. The molecular formula is C18H22N2O. The molecule has 1 atom stereocenters. The van der Waals surface area contributed by atoms with Gasteiger partial charge >= 0.3 is 0 Å². The SMILES string of the molecule is CCC1CCCCN1C(=O)c1cc(C)nc2ccccc12. The second-order valence-electron chi connectivity index (χ2n) is 5.88. The van der Waals surface area contributed by atoms with Crippen LogP contribution < -0.4 is 0 Å². The first-order valence-electron chi connectivity index (χ1n) is 7.88. The highest BCUT2D eigenvalue weighted by molar-refractivity contribution is 6.06. The van der Waals surface area contributed by atoms with Crippen molar-refractivity contribution in [2.24, 2.45) is 0 Å². The maximum Gasteiger partial charge on any atom is 0.254 e. The smallest absolute Gasteiger partial charge is 0.254 e. The van der Waals surface area contributed by atoms with Crippen LogP contribution in [-0.2, 0) is 0 Å². The largest absolute Gasteiger partial charge is 0.336 e. The number of nitrogens with zero attached hydrogens (tertiary/aromatic N) is 2. The summed E-state index contributed by atoms with van der Waals surface area (Å²) in [4.78, 5) is 19.6. The molecular weight excluding hydrogens is 260 g/mol. The van der Waals surface area contributed by atoms with Crippen molar-refractivity contribution in [3.05, 3.63) is 41.6 Å². The minimum absolute atomic E-state index is 0.170. The summed E-state index contributed by atoms with van der Waals surface area (Å²) in [6, 6.07) is 10.2. The molecule has 1 saturated heterocycles. The molecule has 3 rings (SSSR count). The minimum atomic E-state index is 0.170. The number of pyridine rings is 1. The third kappa shape index (κ3) is 2.65. The molecule has 3 nitrogen and oxygen atoms in total. The molecule has 2 heterocycles. The van der Waals surface area contributed by atoms with Crippen LogP contribution in [0.2, 0.25) is 0 Å². The molecule has 1 amide bonds. The molecule has 0 N–H and O–H groups in total. The van der Waals surface area contributed by atoms with Crippen LogP contribution in [0.5, 0.6) is 0 Å². The molecule has 0 spiro atoms. The van der Waals surface area contributed by atoms with E-state index < -0.39 is 0 Å². The zero-order chi connectivity index (χ0) is 14.8. The van der Waals surface area contributed by atoms with Crippen molar-refractivity contribution in [3.63, 3.8) is 0 Å². The van der Waals surface area contributed by atoms with Gasteiger partial charge in [0.1, 0.15) is 0 Å². The summed E-state index contributed by atoms with van der Waals surface area (Å²) in [5.41, 5.74) is 2.62. The van der Waals surface area contributed by atoms with Gasteiger partial charge in [-0.25, -0.2) is 0 Å². The van der Waals surface area contributed by atoms with Crippen molar-refractivity contribution in [1.29, 1.82) is 0 Å². The lowest BCUT2D eigenvalue weighted by Gasteiger charge is -2.35. The average Bonchev–Trinajstić information content (AvgIpc) is 2.53. The first-order valence-corrected chi connectivity index (χ1v) is 7.88. The summed E-state index contributed by atoms with van der Waals surface area (Å²) in [5, 5.41) is 0.966. The first kappa shape index (κ1) is 14.1. The molecule has 1 unspecified atom stereocenters. The molecule has 1 aromatic heterocycles. The lowest BCUT2D eigenvalue weighted by atomic mass is 9.98. The molecule has 110 valence electrons. The van der Waals surface area contributed by atoms with E-state index >= 15 is 0 Å². The molecule has 0 bridgehead atoms. The van der Waals surface area contributed by atoms with Gasteiger partial charge in [0.25, 0.3) is 5.91 Å². The fourth-order valence-corrected chi connectivity index (χ4v) is 3.33. The van der Waals surface area contributed by atoms with Crippen LogP contribution in [0.15, 0.2) is 30.3 Å². The number of hydrogen-bond donors (Lipinski definition) is 0. The van der Waals surface area contributed by atoms with Gasteiger partial charge in [0.15, 0.2) is 0 Å². The number of carbonyl (C=O) groups excluding carboxylic acids is 1. The highest BCUT2D eigenvalue weighted by atomic mass is 16.2. The Balaban J connectivity index is 2.04. The van der Waals surface area contributed by atoms with E-state index in [0.717, 1.165) is 48.0 Å². The van der Waals surface area contributed by atoms with Crippen LogP contribution in [0.3, 0.4) is 0 Å². The Morgan fingerprint density at radius 1 is 1.33 bits per heavy atom. The van der Waals surface area contributed by atoms with E-state index in [1.807, 2.05) is 37.3 Å². The monoisotopic (exact) mass is 282 g/mol. The Morgan fingerprint density at radius 2 is 2.14 bits per heavy atom. The quantitative estimate of drug-likeness (QED) is 0.835. The Bertz CT molecular complexity index is 665. The zero-order valence-electron chi connectivity index (χ0n) is 12.8. The van der Waals surface area contributed by atoms with Crippen LogP contribution in [-0.4, -0.2) is 28.4 Å². The molecule has 1 aromatic carbocycles. The number of aryl methyl sites for hydroxylation is 1. The number of hydrogen-bond acceptors (Lipinski definition) is 2. The van der Waals surface area contributed by atoms with Gasteiger partial charge in [0, 0.05) is 23.7 Å². The number of carbonyl (C=O) groups is 1. The van der Waals surface area contributed by atoms with Gasteiger partial charge < -0.3 is 4.90 Å². The summed E-state index contributed by atoms with van der Waals surface area (Å²) >= 11 is 0. The van der Waals surface area contributed by atoms with Gasteiger partial charge in [-0.1, -0.05) is 25.1 Å². The van der Waals surface area contributed by atoms with Crippen LogP contribution in [0, 0.1) is 6.92 Å². The van der Waals surface area contributed by atoms with Crippen LogP contribution >= 0.6 is 0 Å². The third-order valence-corrected chi connectivity index (χ3v) is 4.43. The summed E-state index contributed by atoms with van der Waals surface area (Å²) < 4.78 is 0. The molecule has 21 heavy (non-hydrogen) atoms. The highest BCUT2D eigenvalue weighted by Gasteiger charge is 2.27. The van der Waals surface area contributed by atoms with E-state index in [1.165, 1.54) is 6.42 Å². The molecule has 0 radical (unpaired) electrons. The molecule has 0 aliphatic carbocycles. The Labute approximate surface area is 126 Å². The van der Waals surface area contributed by atoms with Gasteiger partial charge in [-0.2, -0.15) is 0 Å². The number of amides is 1. The van der Waals surface area contributed by atoms with Gasteiger partial charge in [-0.05, 0) is 44.7 Å². The second kappa shape index (κ2) is 5.84. The normalized spacial score (nSPS) is 19.0. The van der Waals surface area contributed by atoms with E-state index in [-0.39, 0.29) is 5.91 Å². The Hall–Kier alpha value is -1.90. The molecule has 1 aliphatic rings. The van der Waals surface area contributed by atoms with E-state index in [4.69, 9.17) is 0 Å². The number of benzene rings is 1. The van der Waals surface area contributed by atoms with Crippen molar-refractivity contribution in [1.82, 2.24) is 9.88 Å². The maximum absolute atomic E-state index is 13.0. The van der Waals surface area contributed by atoms with Crippen molar-refractivity contribution >= 4 is 16.8 Å². The molecule has 1 fully saturated rings. The predicted octanol–water partition coefficient (Wildman–Crippen LogP) is 3.95. The van der Waals surface area contributed by atoms with Crippen molar-refractivity contribution in [3.8, 4) is 0 Å². The summed E-state index contributed by atoms with van der Waals surface area (Å²) in [7, 11) is 0. The van der Waals surface area contributed by atoms with Crippen LogP contribution in [0.4, 0.5) is 0 Å². The number of para-hydroxylation sites is 1. The number of rotatable bonds is 2. The third-order valence-electron chi connectivity index (χ3n) is 4.43. The second-order valence-corrected chi connectivity index (χ2v) is 5.88. The fraction of sp³-hybridized carbons (Fsp3) is 0.444. The lowest BCUT2D eigenvalue weighted by molar-refractivity contribution is 0.0610. The topological polar surface area (TPSA) is 33.2 Å². The summed E-state index contributed by atoms with van der Waals surface area (Å²) in [5.74, 6) is 0.170. The van der Waals surface area contributed by atoms with Gasteiger partial charge in [0.05, 0.1) is 11.1 Å². The van der Waals surface area contributed by atoms with E-state index in [1.54, 1.807) is 0 Å². The van der Waals surface area contributed by atoms with Crippen molar-refractivity contribution in [2.75, 3.05) is 6.54 Å². The maximum atomic E-state index is 13.0. The number of fused-ring (bicyclic) bond motifs is 1. The van der Waals surface area contributed by atoms with Crippen LogP contribution in [0.1, 0.15) is 48.7 Å².